The van der Waals surface area contributed by atoms with Crippen LogP contribution in [0.3, 0.4) is 0 Å². The molecule has 0 aliphatic rings. The SMILES string of the molecule is Brc1cnc2c(-n3nnc4ccccc43)ccnc2c1. The van der Waals surface area contributed by atoms with Gasteiger partial charge < -0.3 is 0 Å². The summed E-state index contributed by atoms with van der Waals surface area (Å²) in [4.78, 5) is 8.78. The Morgan fingerprint density at radius 2 is 1.90 bits per heavy atom. The van der Waals surface area contributed by atoms with Crippen LogP contribution in [0.25, 0.3) is 27.8 Å². The maximum Gasteiger partial charge on any atom is 0.114 e. The zero-order valence-electron chi connectivity index (χ0n) is 10.2. The topological polar surface area (TPSA) is 56.5 Å². The number of hydrogen-bond donors (Lipinski definition) is 0. The highest BCUT2D eigenvalue weighted by Crippen LogP contribution is 2.23. The number of nitrogens with zero attached hydrogens (tertiary/aromatic N) is 5. The van der Waals surface area contributed by atoms with Crippen molar-refractivity contribution >= 4 is 38.0 Å². The molecule has 5 nitrogen and oxygen atoms in total. The molecule has 96 valence electrons. The molecule has 0 saturated heterocycles. The molecule has 3 heterocycles. The molecule has 0 bridgehead atoms. The molecular weight excluding hydrogens is 318 g/mol. The van der Waals surface area contributed by atoms with Gasteiger partial charge >= 0.3 is 0 Å². The van der Waals surface area contributed by atoms with Crippen LogP contribution in [0, 0.1) is 0 Å². The first-order valence-corrected chi connectivity index (χ1v) is 6.83. The summed E-state index contributed by atoms with van der Waals surface area (Å²) >= 11 is 3.41. The summed E-state index contributed by atoms with van der Waals surface area (Å²) < 4.78 is 2.69. The van der Waals surface area contributed by atoms with Crippen molar-refractivity contribution in [1.82, 2.24) is 25.0 Å². The molecule has 20 heavy (non-hydrogen) atoms. The molecule has 0 spiro atoms. The van der Waals surface area contributed by atoms with E-state index in [0.717, 1.165) is 32.2 Å². The largest absolute Gasteiger partial charge is 0.254 e. The van der Waals surface area contributed by atoms with Gasteiger partial charge in [0.1, 0.15) is 11.0 Å². The molecule has 6 heteroatoms. The molecule has 0 radical (unpaired) electrons. The number of pyridine rings is 2. The Morgan fingerprint density at radius 3 is 2.85 bits per heavy atom. The Hall–Kier alpha value is -2.34. The van der Waals surface area contributed by atoms with Crippen LogP contribution in [0.1, 0.15) is 0 Å². The zero-order valence-corrected chi connectivity index (χ0v) is 11.8. The van der Waals surface area contributed by atoms with Crippen LogP contribution in [-0.2, 0) is 0 Å². The van der Waals surface area contributed by atoms with Crippen LogP contribution in [0.15, 0.2) is 53.3 Å². The van der Waals surface area contributed by atoms with E-state index in [4.69, 9.17) is 0 Å². The number of benzene rings is 1. The van der Waals surface area contributed by atoms with Gasteiger partial charge in [-0.25, -0.2) is 4.68 Å². The monoisotopic (exact) mass is 325 g/mol. The molecule has 0 aliphatic heterocycles. The van der Waals surface area contributed by atoms with Crippen molar-refractivity contribution in [2.24, 2.45) is 0 Å². The molecule has 4 aromatic rings. The smallest absolute Gasteiger partial charge is 0.114 e. The van der Waals surface area contributed by atoms with Crippen LogP contribution < -0.4 is 0 Å². The van der Waals surface area contributed by atoms with Crippen molar-refractivity contribution in [3.8, 4) is 5.69 Å². The third-order valence-electron chi connectivity index (χ3n) is 3.10. The van der Waals surface area contributed by atoms with E-state index in [2.05, 4.69) is 36.2 Å². The highest BCUT2D eigenvalue weighted by atomic mass is 79.9. The normalized spacial score (nSPS) is 11.2. The van der Waals surface area contributed by atoms with Gasteiger partial charge in [-0.1, -0.05) is 17.3 Å². The lowest BCUT2D eigenvalue weighted by atomic mass is 10.2. The van der Waals surface area contributed by atoms with Crippen LogP contribution in [0.4, 0.5) is 0 Å². The van der Waals surface area contributed by atoms with Crippen molar-refractivity contribution in [3.05, 3.63) is 53.3 Å². The summed E-state index contributed by atoms with van der Waals surface area (Å²) in [6, 6.07) is 11.7. The minimum absolute atomic E-state index is 0.798. The number of fused-ring (bicyclic) bond motifs is 2. The van der Waals surface area contributed by atoms with Gasteiger partial charge in [0.25, 0.3) is 0 Å². The Balaban J connectivity index is 2.07. The second-order valence-electron chi connectivity index (χ2n) is 4.34. The third kappa shape index (κ3) is 1.69. The van der Waals surface area contributed by atoms with Crippen molar-refractivity contribution in [3.63, 3.8) is 0 Å². The standard InChI is InChI=1S/C14H8BrN5/c15-9-7-11-14(17-8-9)13(5-6-16-11)20-12-4-2-1-3-10(12)18-19-20/h1-8H. The Kier molecular flexibility index (Phi) is 2.50. The van der Waals surface area contributed by atoms with Gasteiger partial charge in [0.05, 0.1) is 16.7 Å². The summed E-state index contributed by atoms with van der Waals surface area (Å²) in [5, 5.41) is 8.40. The number of para-hydroxylation sites is 1. The molecular formula is C14H8BrN5. The number of halogens is 1. The lowest BCUT2D eigenvalue weighted by Crippen LogP contribution is -1.99. The first-order valence-electron chi connectivity index (χ1n) is 6.04. The van der Waals surface area contributed by atoms with Gasteiger partial charge in [0, 0.05) is 16.9 Å². The lowest BCUT2D eigenvalue weighted by molar-refractivity contribution is 0.826. The Bertz CT molecular complexity index is 931. The molecule has 0 saturated carbocycles. The van der Waals surface area contributed by atoms with E-state index in [1.54, 1.807) is 17.1 Å². The second kappa shape index (κ2) is 4.35. The van der Waals surface area contributed by atoms with E-state index in [1.807, 2.05) is 36.4 Å². The van der Waals surface area contributed by atoms with Gasteiger partial charge in [0.2, 0.25) is 0 Å². The van der Waals surface area contributed by atoms with Crippen molar-refractivity contribution in [1.29, 1.82) is 0 Å². The maximum atomic E-state index is 4.45. The first-order chi connectivity index (χ1) is 9.83. The van der Waals surface area contributed by atoms with Crippen LogP contribution in [0.5, 0.6) is 0 Å². The van der Waals surface area contributed by atoms with Gasteiger partial charge in [0.15, 0.2) is 0 Å². The van der Waals surface area contributed by atoms with Gasteiger partial charge in [-0.3, -0.25) is 9.97 Å². The van der Waals surface area contributed by atoms with E-state index >= 15 is 0 Å². The molecule has 0 fully saturated rings. The van der Waals surface area contributed by atoms with E-state index in [-0.39, 0.29) is 0 Å². The summed E-state index contributed by atoms with van der Waals surface area (Å²) in [6.45, 7) is 0. The summed E-state index contributed by atoms with van der Waals surface area (Å²) in [5.74, 6) is 0. The van der Waals surface area contributed by atoms with Crippen LogP contribution >= 0.6 is 15.9 Å². The van der Waals surface area contributed by atoms with Gasteiger partial charge in [-0.05, 0) is 40.2 Å². The number of aromatic nitrogens is 5. The maximum absolute atomic E-state index is 4.45. The minimum Gasteiger partial charge on any atom is -0.254 e. The molecule has 0 aliphatic carbocycles. The third-order valence-corrected chi connectivity index (χ3v) is 3.54. The fourth-order valence-electron chi connectivity index (χ4n) is 2.21. The summed E-state index contributed by atoms with van der Waals surface area (Å²) in [6.07, 6.45) is 3.51. The summed E-state index contributed by atoms with van der Waals surface area (Å²) in [7, 11) is 0. The molecule has 0 unspecified atom stereocenters. The predicted octanol–water partition coefficient (Wildman–Crippen LogP) is 3.13. The number of hydrogen-bond acceptors (Lipinski definition) is 4. The van der Waals surface area contributed by atoms with E-state index in [1.165, 1.54) is 0 Å². The number of rotatable bonds is 1. The second-order valence-corrected chi connectivity index (χ2v) is 5.26. The molecule has 0 atom stereocenters. The molecule has 0 N–H and O–H groups in total. The highest BCUT2D eigenvalue weighted by Gasteiger charge is 2.10. The summed E-state index contributed by atoms with van der Waals surface area (Å²) in [5.41, 5.74) is 4.29. The van der Waals surface area contributed by atoms with Gasteiger partial charge in [-0.15, -0.1) is 5.10 Å². The fourth-order valence-corrected chi connectivity index (χ4v) is 2.53. The van der Waals surface area contributed by atoms with E-state index < -0.39 is 0 Å². The average molecular weight is 326 g/mol. The highest BCUT2D eigenvalue weighted by molar-refractivity contribution is 9.10. The first kappa shape index (κ1) is 11.5. The molecule has 4 rings (SSSR count). The Labute approximate surface area is 122 Å². The average Bonchev–Trinajstić information content (AvgIpc) is 2.90. The molecule has 0 amide bonds. The minimum atomic E-state index is 0.798. The van der Waals surface area contributed by atoms with Crippen LogP contribution in [-0.4, -0.2) is 25.0 Å². The lowest BCUT2D eigenvalue weighted by Gasteiger charge is -2.05. The quantitative estimate of drug-likeness (QED) is 0.539. The fraction of sp³-hybridized carbons (Fsp3) is 0. The zero-order chi connectivity index (χ0) is 13.5. The van der Waals surface area contributed by atoms with E-state index in [0.29, 0.717) is 0 Å². The van der Waals surface area contributed by atoms with Gasteiger partial charge in [-0.2, -0.15) is 0 Å². The van der Waals surface area contributed by atoms with E-state index in [9.17, 15) is 0 Å². The van der Waals surface area contributed by atoms with Crippen LogP contribution in [0.2, 0.25) is 0 Å². The molecule has 1 aromatic carbocycles. The Morgan fingerprint density at radius 1 is 1.00 bits per heavy atom. The predicted molar refractivity (Wildman–Crippen MR) is 79.7 cm³/mol. The van der Waals surface area contributed by atoms with Crippen molar-refractivity contribution < 1.29 is 0 Å². The van der Waals surface area contributed by atoms with Crippen molar-refractivity contribution in [2.45, 2.75) is 0 Å². The van der Waals surface area contributed by atoms with Crippen molar-refractivity contribution in [2.75, 3.05) is 0 Å². The molecule has 3 aromatic heterocycles.